The summed E-state index contributed by atoms with van der Waals surface area (Å²) in [5.41, 5.74) is 3.13. The molecule has 0 aliphatic carbocycles. The van der Waals surface area contributed by atoms with Crippen LogP contribution in [0.2, 0.25) is 5.02 Å². The van der Waals surface area contributed by atoms with Crippen molar-refractivity contribution in [1.82, 2.24) is 15.2 Å². The third-order valence-corrected chi connectivity index (χ3v) is 7.60. The number of rotatable bonds is 7. The lowest BCUT2D eigenvalue weighted by molar-refractivity contribution is -0.140. The molecule has 6 heteroatoms. The first-order chi connectivity index (χ1) is 17.1. The second-order valence-corrected chi connectivity index (χ2v) is 11.4. The molecule has 2 atom stereocenters. The zero-order chi connectivity index (χ0) is 25.9. The largest absolute Gasteiger partial charge is 0.344 e. The molecule has 0 spiro atoms. The van der Waals surface area contributed by atoms with Crippen LogP contribution in [0.15, 0.2) is 60.8 Å². The summed E-state index contributed by atoms with van der Waals surface area (Å²) in [6, 6.07) is 17.5. The lowest BCUT2D eigenvalue weighted by Crippen LogP contribution is -2.55. The maximum absolute atomic E-state index is 13.6. The van der Waals surface area contributed by atoms with Gasteiger partial charge in [0.1, 0.15) is 6.04 Å². The molecule has 1 unspecified atom stereocenters. The van der Waals surface area contributed by atoms with Gasteiger partial charge in [0.15, 0.2) is 0 Å². The summed E-state index contributed by atoms with van der Waals surface area (Å²) in [6.07, 6.45) is 3.62. The predicted octanol–water partition coefficient (Wildman–Crippen LogP) is 6.00. The van der Waals surface area contributed by atoms with Crippen molar-refractivity contribution in [3.8, 4) is 0 Å². The monoisotopic (exact) mass is 505 g/mol. The summed E-state index contributed by atoms with van der Waals surface area (Å²) in [6.45, 7) is 9.74. The molecule has 1 aliphatic heterocycles. The summed E-state index contributed by atoms with van der Waals surface area (Å²) in [5, 5.41) is 4.83. The smallest absolute Gasteiger partial charge is 0.245 e. The zero-order valence-corrected chi connectivity index (χ0v) is 22.4. The summed E-state index contributed by atoms with van der Waals surface area (Å²) in [7, 11) is 0. The van der Waals surface area contributed by atoms with Crippen molar-refractivity contribution < 1.29 is 9.59 Å². The van der Waals surface area contributed by atoms with E-state index in [9.17, 15) is 9.59 Å². The highest BCUT2D eigenvalue weighted by molar-refractivity contribution is 6.30. The van der Waals surface area contributed by atoms with Gasteiger partial charge in [-0.15, -0.1) is 0 Å². The van der Waals surface area contributed by atoms with Gasteiger partial charge in [-0.3, -0.25) is 14.6 Å². The number of carbonyl (C=O) groups is 2. The highest BCUT2D eigenvalue weighted by Crippen LogP contribution is 2.42. The number of halogens is 1. The molecule has 2 heterocycles. The van der Waals surface area contributed by atoms with E-state index in [2.05, 4.69) is 42.3 Å². The van der Waals surface area contributed by atoms with Gasteiger partial charge in [-0.2, -0.15) is 0 Å². The first-order valence-corrected chi connectivity index (χ1v) is 13.2. The fraction of sp³-hybridized carbons (Fsp3) is 0.433. The molecule has 190 valence electrons. The van der Waals surface area contributed by atoms with Gasteiger partial charge in [0.2, 0.25) is 11.8 Å². The number of aromatic nitrogens is 1. The average molecular weight is 506 g/mol. The lowest BCUT2D eigenvalue weighted by atomic mass is 9.70. The van der Waals surface area contributed by atoms with Gasteiger partial charge in [-0.05, 0) is 65.5 Å². The van der Waals surface area contributed by atoms with Gasteiger partial charge in [-0.1, -0.05) is 69.6 Å². The zero-order valence-electron chi connectivity index (χ0n) is 21.6. The number of nitrogens with zero attached hydrogens (tertiary/aromatic N) is 2. The number of aryl methyl sites for hydroxylation is 1. The lowest BCUT2D eigenvalue weighted by Gasteiger charge is -2.45. The highest BCUT2D eigenvalue weighted by Gasteiger charge is 2.40. The second-order valence-electron chi connectivity index (χ2n) is 11.0. The van der Waals surface area contributed by atoms with Crippen LogP contribution < -0.4 is 5.32 Å². The van der Waals surface area contributed by atoms with E-state index in [1.807, 2.05) is 61.3 Å². The standard InChI is InChI=1S/C30H36ClN3O2/c1-20(2)28(33-27(35)14-9-21-17-23-7-5-6-8-26(23)32-18-21)29(36)34-16-15-25(30(3,4)19-34)22-10-12-24(31)13-11-22/h5-8,10-13,17-18,20,25,28H,9,14-16,19H2,1-4H3,(H,33,35)/t25?,28-/m1/s1. The van der Waals surface area contributed by atoms with Crippen molar-refractivity contribution in [1.29, 1.82) is 0 Å². The van der Waals surface area contributed by atoms with E-state index in [4.69, 9.17) is 11.6 Å². The van der Waals surface area contributed by atoms with Crippen molar-refractivity contribution in [3.63, 3.8) is 0 Å². The minimum atomic E-state index is -0.532. The molecule has 5 nitrogen and oxygen atoms in total. The van der Waals surface area contributed by atoms with E-state index in [1.54, 1.807) is 0 Å². The number of fused-ring (bicyclic) bond motifs is 1. The van der Waals surface area contributed by atoms with Crippen LogP contribution >= 0.6 is 11.6 Å². The summed E-state index contributed by atoms with van der Waals surface area (Å²) < 4.78 is 0. The third kappa shape index (κ3) is 6.07. The van der Waals surface area contributed by atoms with Crippen LogP contribution in [0, 0.1) is 11.3 Å². The van der Waals surface area contributed by atoms with Crippen LogP contribution in [-0.2, 0) is 16.0 Å². The van der Waals surface area contributed by atoms with E-state index < -0.39 is 6.04 Å². The van der Waals surface area contributed by atoms with Crippen molar-refractivity contribution in [2.45, 2.75) is 58.9 Å². The molecule has 1 N–H and O–H groups in total. The Morgan fingerprint density at radius 3 is 2.56 bits per heavy atom. The Kier molecular flexibility index (Phi) is 7.99. The van der Waals surface area contributed by atoms with Crippen LogP contribution in [0.1, 0.15) is 57.6 Å². The maximum atomic E-state index is 13.6. The number of hydrogen-bond acceptors (Lipinski definition) is 3. The van der Waals surface area contributed by atoms with Crippen LogP contribution in [0.5, 0.6) is 0 Å². The Balaban J connectivity index is 1.37. The highest BCUT2D eigenvalue weighted by atomic mass is 35.5. The molecule has 1 aliphatic rings. The molecule has 0 radical (unpaired) electrons. The summed E-state index contributed by atoms with van der Waals surface area (Å²) >= 11 is 6.08. The molecule has 36 heavy (non-hydrogen) atoms. The van der Waals surface area contributed by atoms with Crippen molar-refractivity contribution >= 4 is 34.3 Å². The molecular formula is C30H36ClN3O2. The third-order valence-electron chi connectivity index (χ3n) is 7.35. The molecule has 4 rings (SSSR count). The molecule has 0 saturated carbocycles. The van der Waals surface area contributed by atoms with Gasteiger partial charge in [0, 0.05) is 36.1 Å². The van der Waals surface area contributed by atoms with Crippen molar-refractivity contribution in [3.05, 3.63) is 76.9 Å². The number of piperidine rings is 1. The quantitative estimate of drug-likeness (QED) is 0.428. The van der Waals surface area contributed by atoms with E-state index in [0.29, 0.717) is 31.8 Å². The van der Waals surface area contributed by atoms with Gasteiger partial charge >= 0.3 is 0 Å². The molecule has 0 bridgehead atoms. The predicted molar refractivity (Wildman–Crippen MR) is 146 cm³/mol. The number of pyridine rings is 1. The number of likely N-dealkylation sites (tertiary alicyclic amines) is 1. The number of benzene rings is 2. The Hall–Kier alpha value is -2.92. The van der Waals surface area contributed by atoms with E-state index >= 15 is 0 Å². The second kappa shape index (κ2) is 11.0. The maximum Gasteiger partial charge on any atom is 0.245 e. The molecule has 3 aromatic rings. The normalized spacial score (nSPS) is 18.3. The average Bonchev–Trinajstić information content (AvgIpc) is 2.85. The van der Waals surface area contributed by atoms with Gasteiger partial charge < -0.3 is 10.2 Å². The Morgan fingerprint density at radius 1 is 1.14 bits per heavy atom. The SMILES string of the molecule is CC(C)[C@@H](NC(=O)CCc1cnc2ccccc2c1)C(=O)N1CCC(c2ccc(Cl)cc2)C(C)(C)C1. The topological polar surface area (TPSA) is 62.3 Å². The number of hydrogen-bond donors (Lipinski definition) is 1. The number of carbonyl (C=O) groups excluding carboxylic acids is 2. The van der Waals surface area contributed by atoms with Crippen LogP contribution in [0.25, 0.3) is 10.9 Å². The number of nitrogens with one attached hydrogen (secondary N) is 1. The Morgan fingerprint density at radius 2 is 1.86 bits per heavy atom. The van der Waals surface area contributed by atoms with Crippen LogP contribution in [0.4, 0.5) is 0 Å². The fourth-order valence-electron chi connectivity index (χ4n) is 5.32. The Bertz CT molecular complexity index is 1220. The molecule has 1 aromatic heterocycles. The number of para-hydroxylation sites is 1. The molecular weight excluding hydrogens is 470 g/mol. The summed E-state index contributed by atoms with van der Waals surface area (Å²) in [5.74, 6) is 0.251. The van der Waals surface area contributed by atoms with Gasteiger partial charge in [0.05, 0.1) is 5.52 Å². The van der Waals surface area contributed by atoms with Gasteiger partial charge in [-0.25, -0.2) is 0 Å². The molecule has 1 fully saturated rings. The van der Waals surface area contributed by atoms with Crippen LogP contribution in [0.3, 0.4) is 0 Å². The van der Waals surface area contributed by atoms with E-state index in [-0.39, 0.29) is 23.1 Å². The first kappa shape index (κ1) is 26.2. The van der Waals surface area contributed by atoms with E-state index in [1.165, 1.54) is 5.56 Å². The van der Waals surface area contributed by atoms with Crippen molar-refractivity contribution in [2.24, 2.45) is 11.3 Å². The van der Waals surface area contributed by atoms with Crippen LogP contribution in [-0.4, -0.2) is 40.8 Å². The van der Waals surface area contributed by atoms with E-state index in [0.717, 1.165) is 27.9 Å². The van der Waals surface area contributed by atoms with Gasteiger partial charge in [0.25, 0.3) is 0 Å². The number of amides is 2. The first-order valence-electron chi connectivity index (χ1n) is 12.8. The minimum absolute atomic E-state index is 0.000821. The van der Waals surface area contributed by atoms with Crippen molar-refractivity contribution in [2.75, 3.05) is 13.1 Å². The minimum Gasteiger partial charge on any atom is -0.344 e. The molecule has 2 aromatic carbocycles. The Labute approximate surface area is 219 Å². The molecule has 2 amide bonds. The fourth-order valence-corrected chi connectivity index (χ4v) is 5.45. The molecule has 1 saturated heterocycles. The summed E-state index contributed by atoms with van der Waals surface area (Å²) in [4.78, 5) is 32.8.